The fourth-order valence-corrected chi connectivity index (χ4v) is 5.05. The summed E-state index contributed by atoms with van der Waals surface area (Å²) in [5, 5.41) is 0.383. The Morgan fingerprint density at radius 1 is 1.15 bits per heavy atom. The Balaban J connectivity index is 1.44. The number of thioether (sulfide) groups is 1. The summed E-state index contributed by atoms with van der Waals surface area (Å²) in [6, 6.07) is 16.4. The van der Waals surface area contributed by atoms with Crippen LogP contribution in [0.25, 0.3) is 0 Å². The molecule has 2 unspecified atom stereocenters. The predicted octanol–water partition coefficient (Wildman–Crippen LogP) is 4.62. The second-order valence-electron chi connectivity index (χ2n) is 6.96. The maximum atomic E-state index is 13.2. The molecular weight excluding hydrogens is 358 g/mol. The zero-order valence-corrected chi connectivity index (χ0v) is 16.4. The molecule has 0 aliphatic carbocycles. The van der Waals surface area contributed by atoms with Crippen molar-refractivity contribution in [1.29, 1.82) is 0 Å². The van der Waals surface area contributed by atoms with Gasteiger partial charge in [0, 0.05) is 24.1 Å². The number of hydrogen-bond donors (Lipinski definition) is 0. The maximum absolute atomic E-state index is 13.2. The summed E-state index contributed by atoms with van der Waals surface area (Å²) in [4.78, 5) is 15.2. The van der Waals surface area contributed by atoms with Crippen LogP contribution in [0.15, 0.2) is 48.5 Å². The van der Waals surface area contributed by atoms with Crippen molar-refractivity contribution in [2.45, 2.75) is 30.9 Å². The van der Waals surface area contributed by atoms with Gasteiger partial charge in [-0.3, -0.25) is 4.79 Å². The van der Waals surface area contributed by atoms with Gasteiger partial charge in [0.2, 0.25) is 12.7 Å². The van der Waals surface area contributed by atoms with Crippen molar-refractivity contribution in [3.05, 3.63) is 59.7 Å². The molecule has 2 aliphatic heterocycles. The van der Waals surface area contributed by atoms with E-state index in [4.69, 9.17) is 9.47 Å². The summed E-state index contributed by atoms with van der Waals surface area (Å²) in [6.45, 7) is 4.01. The Hall–Kier alpha value is -2.14. The Morgan fingerprint density at radius 2 is 1.96 bits per heavy atom. The third-order valence-corrected chi connectivity index (χ3v) is 6.66. The molecule has 1 fully saturated rings. The Labute approximate surface area is 164 Å². The van der Waals surface area contributed by atoms with Gasteiger partial charge in [0.25, 0.3) is 0 Å². The minimum absolute atomic E-state index is 0.0432. The van der Waals surface area contributed by atoms with Crippen molar-refractivity contribution in [2.24, 2.45) is 0 Å². The van der Waals surface area contributed by atoms with Crippen LogP contribution in [0.4, 0.5) is 0 Å². The molecule has 4 nitrogen and oxygen atoms in total. The molecule has 27 heavy (non-hydrogen) atoms. The van der Waals surface area contributed by atoms with Crippen LogP contribution in [0.5, 0.6) is 11.5 Å². The molecule has 4 rings (SSSR count). The average Bonchev–Trinajstić information content (AvgIpc) is 3.04. The van der Waals surface area contributed by atoms with Gasteiger partial charge < -0.3 is 14.4 Å². The van der Waals surface area contributed by atoms with E-state index in [1.165, 1.54) is 5.56 Å². The van der Waals surface area contributed by atoms with E-state index >= 15 is 0 Å². The first kappa shape index (κ1) is 18.2. The van der Waals surface area contributed by atoms with Crippen LogP contribution in [-0.2, 0) is 4.79 Å². The zero-order chi connectivity index (χ0) is 18.6. The smallest absolute Gasteiger partial charge is 0.231 e. The third kappa shape index (κ3) is 3.93. The van der Waals surface area contributed by atoms with Crippen LogP contribution in [0, 0.1) is 0 Å². The largest absolute Gasteiger partial charge is 0.454 e. The topological polar surface area (TPSA) is 38.8 Å². The molecule has 142 valence electrons. The number of nitrogens with zero attached hydrogens (tertiary/aromatic N) is 1. The van der Waals surface area contributed by atoms with Gasteiger partial charge in [-0.05, 0) is 36.1 Å². The lowest BCUT2D eigenvalue weighted by molar-refractivity contribution is -0.132. The highest BCUT2D eigenvalue weighted by Crippen LogP contribution is 2.40. The second kappa shape index (κ2) is 8.26. The molecule has 2 aliphatic rings. The van der Waals surface area contributed by atoms with Crippen LogP contribution in [0.1, 0.15) is 42.1 Å². The molecule has 1 saturated heterocycles. The number of fused-ring (bicyclic) bond motifs is 1. The molecule has 0 aromatic heterocycles. The summed E-state index contributed by atoms with van der Waals surface area (Å²) in [5.74, 6) is 2.83. The number of ether oxygens (including phenoxy) is 2. The first-order valence-corrected chi connectivity index (χ1v) is 10.7. The van der Waals surface area contributed by atoms with Crippen molar-refractivity contribution in [3.8, 4) is 11.5 Å². The third-order valence-electron chi connectivity index (χ3n) is 5.33. The van der Waals surface area contributed by atoms with Gasteiger partial charge in [-0.1, -0.05) is 43.3 Å². The van der Waals surface area contributed by atoms with Crippen LogP contribution in [0.2, 0.25) is 0 Å². The quantitative estimate of drug-likeness (QED) is 0.772. The van der Waals surface area contributed by atoms with Crippen LogP contribution < -0.4 is 9.47 Å². The Bertz CT molecular complexity index is 795. The highest BCUT2D eigenvalue weighted by molar-refractivity contribution is 7.99. The van der Waals surface area contributed by atoms with Gasteiger partial charge >= 0.3 is 0 Å². The number of hydrogen-bond acceptors (Lipinski definition) is 4. The van der Waals surface area contributed by atoms with Gasteiger partial charge in [0.1, 0.15) is 0 Å². The number of carbonyl (C=O) groups is 1. The summed E-state index contributed by atoms with van der Waals surface area (Å²) < 4.78 is 10.9. The van der Waals surface area contributed by atoms with Gasteiger partial charge in [-0.2, -0.15) is 11.8 Å². The number of benzene rings is 2. The van der Waals surface area contributed by atoms with E-state index in [1.807, 2.05) is 36.0 Å². The van der Waals surface area contributed by atoms with Crippen LogP contribution in [0.3, 0.4) is 0 Å². The van der Waals surface area contributed by atoms with E-state index in [2.05, 4.69) is 36.1 Å². The fourth-order valence-electron chi connectivity index (χ4n) is 3.83. The van der Waals surface area contributed by atoms with Crippen molar-refractivity contribution in [2.75, 3.05) is 25.6 Å². The monoisotopic (exact) mass is 383 g/mol. The SMILES string of the molecule is CCC(C(=O)N1CCSC(c2ccc3c(c2)OCO3)CC1)c1ccccc1. The van der Waals surface area contributed by atoms with Crippen LogP contribution in [-0.4, -0.2) is 36.4 Å². The van der Waals surface area contributed by atoms with Crippen molar-refractivity contribution in [1.82, 2.24) is 4.90 Å². The molecule has 1 amide bonds. The lowest BCUT2D eigenvalue weighted by atomic mass is 9.95. The van der Waals surface area contributed by atoms with Crippen molar-refractivity contribution >= 4 is 17.7 Å². The molecule has 0 saturated carbocycles. The van der Waals surface area contributed by atoms with Gasteiger partial charge in [0.05, 0.1) is 5.92 Å². The standard InChI is InChI=1S/C22H25NO3S/c1-2-18(16-6-4-3-5-7-16)22(24)23-11-10-21(27-13-12-23)17-8-9-19-20(14-17)26-15-25-19/h3-9,14,18,21H,2,10-13,15H2,1H3. The molecule has 5 heteroatoms. The lowest BCUT2D eigenvalue weighted by Crippen LogP contribution is -2.36. The highest BCUT2D eigenvalue weighted by Gasteiger charge is 2.28. The number of rotatable bonds is 4. The summed E-state index contributed by atoms with van der Waals surface area (Å²) in [6.07, 6.45) is 1.79. The molecule has 2 aromatic carbocycles. The number of amides is 1. The maximum Gasteiger partial charge on any atom is 0.231 e. The lowest BCUT2D eigenvalue weighted by Gasteiger charge is -2.25. The molecule has 2 atom stereocenters. The normalized spacial score (nSPS) is 20.2. The summed E-state index contributed by atoms with van der Waals surface area (Å²) in [5.41, 5.74) is 2.38. The first-order chi connectivity index (χ1) is 13.3. The van der Waals surface area contributed by atoms with E-state index in [1.54, 1.807) is 0 Å². The van der Waals surface area contributed by atoms with Crippen molar-refractivity contribution in [3.63, 3.8) is 0 Å². The van der Waals surface area contributed by atoms with Crippen molar-refractivity contribution < 1.29 is 14.3 Å². The summed E-state index contributed by atoms with van der Waals surface area (Å²) >= 11 is 1.93. The van der Waals surface area contributed by atoms with Crippen LogP contribution >= 0.6 is 11.8 Å². The fraction of sp³-hybridized carbons (Fsp3) is 0.409. The molecule has 2 aromatic rings. The van der Waals surface area contributed by atoms with Gasteiger partial charge in [-0.25, -0.2) is 0 Å². The Morgan fingerprint density at radius 3 is 2.78 bits per heavy atom. The highest BCUT2D eigenvalue weighted by atomic mass is 32.2. The minimum atomic E-state index is -0.0432. The minimum Gasteiger partial charge on any atom is -0.454 e. The van der Waals surface area contributed by atoms with E-state index in [0.717, 1.165) is 48.7 Å². The second-order valence-corrected chi connectivity index (χ2v) is 8.27. The molecule has 0 bridgehead atoms. The number of carbonyl (C=O) groups excluding carboxylic acids is 1. The molecule has 0 radical (unpaired) electrons. The first-order valence-electron chi connectivity index (χ1n) is 9.61. The Kier molecular flexibility index (Phi) is 5.58. The molecule has 0 N–H and O–H groups in total. The van der Waals surface area contributed by atoms with Gasteiger partial charge in [0.15, 0.2) is 11.5 Å². The molecule has 2 heterocycles. The predicted molar refractivity (Wildman–Crippen MR) is 108 cm³/mol. The van der Waals surface area contributed by atoms with E-state index < -0.39 is 0 Å². The van der Waals surface area contributed by atoms with E-state index in [9.17, 15) is 4.79 Å². The summed E-state index contributed by atoms with van der Waals surface area (Å²) in [7, 11) is 0. The zero-order valence-electron chi connectivity index (χ0n) is 15.6. The molecular formula is C22H25NO3S. The van der Waals surface area contributed by atoms with E-state index in [0.29, 0.717) is 12.0 Å². The molecule has 0 spiro atoms. The average molecular weight is 384 g/mol. The van der Waals surface area contributed by atoms with E-state index in [-0.39, 0.29) is 11.8 Å². The van der Waals surface area contributed by atoms with Gasteiger partial charge in [-0.15, -0.1) is 0 Å².